The fourth-order valence-electron chi connectivity index (χ4n) is 7.00. The first-order valence-corrected chi connectivity index (χ1v) is 14.8. The molecular formula is C29H43N3O8. The van der Waals surface area contributed by atoms with Crippen molar-refractivity contribution in [2.75, 3.05) is 33.5 Å². The lowest BCUT2D eigenvalue weighted by Crippen LogP contribution is -2.55. The quantitative estimate of drug-likeness (QED) is 0.184. The molecule has 4 atom stereocenters. The van der Waals surface area contributed by atoms with E-state index in [9.17, 15) is 14.4 Å². The van der Waals surface area contributed by atoms with Gasteiger partial charge in [-0.05, 0) is 13.3 Å². The van der Waals surface area contributed by atoms with Gasteiger partial charge in [0.25, 0.3) is 5.79 Å². The maximum absolute atomic E-state index is 14.1. The summed E-state index contributed by atoms with van der Waals surface area (Å²) in [7, 11) is 1.57. The first-order chi connectivity index (χ1) is 19.3. The lowest BCUT2D eigenvalue weighted by atomic mass is 9.80. The molecule has 0 aromatic carbocycles. The Kier molecular flexibility index (Phi) is 8.56. The van der Waals surface area contributed by atoms with Crippen molar-refractivity contribution < 1.29 is 38.1 Å². The molecule has 0 aromatic rings. The topological polar surface area (TPSA) is 149 Å². The monoisotopic (exact) mass is 561 g/mol. The van der Waals surface area contributed by atoms with Crippen LogP contribution in [0.5, 0.6) is 0 Å². The molecule has 4 aliphatic heterocycles. The normalized spacial score (nSPS) is 29.6. The number of hydrogen-bond donors (Lipinski definition) is 2. The molecule has 5 rings (SSSR count). The smallest absolute Gasteiger partial charge is 0.404 e. The second-order valence-corrected chi connectivity index (χ2v) is 11.4. The number of fused-ring (bicyclic) bond motifs is 4. The molecule has 1 aliphatic carbocycles. The summed E-state index contributed by atoms with van der Waals surface area (Å²) in [5, 5.41) is 3.40. The minimum Gasteiger partial charge on any atom is -0.449 e. The fourth-order valence-corrected chi connectivity index (χ4v) is 7.00. The minimum atomic E-state index is -1.69. The maximum atomic E-state index is 14.1. The highest BCUT2D eigenvalue weighted by molar-refractivity contribution is 6.07. The molecule has 5 aliphatic rings. The highest BCUT2D eigenvalue weighted by atomic mass is 16.7. The van der Waals surface area contributed by atoms with Crippen molar-refractivity contribution in [2.24, 2.45) is 11.7 Å². The molecule has 3 saturated heterocycles. The Morgan fingerprint density at radius 3 is 2.35 bits per heavy atom. The number of amides is 1. The van der Waals surface area contributed by atoms with Gasteiger partial charge in [-0.3, -0.25) is 9.59 Å². The van der Waals surface area contributed by atoms with Gasteiger partial charge in [0.1, 0.15) is 6.61 Å². The van der Waals surface area contributed by atoms with E-state index in [0.29, 0.717) is 23.4 Å². The first kappa shape index (κ1) is 29.0. The van der Waals surface area contributed by atoms with Gasteiger partial charge in [0.2, 0.25) is 5.78 Å². The summed E-state index contributed by atoms with van der Waals surface area (Å²) in [5.41, 5.74) is 5.51. The van der Waals surface area contributed by atoms with Crippen molar-refractivity contribution in [1.29, 1.82) is 0 Å². The average Bonchev–Trinajstić information content (AvgIpc) is 3.29. The number of primary amides is 1. The molecule has 0 radical (unpaired) electrons. The minimum absolute atomic E-state index is 0.0991. The number of Topliss-reactive ketones (excluding diaryl/α,β-unsaturated/α-hetero) is 1. The third-order valence-corrected chi connectivity index (χ3v) is 9.01. The number of unbranched alkanes of at least 4 members (excludes halogenated alkanes) is 8. The van der Waals surface area contributed by atoms with Crippen molar-refractivity contribution in [2.45, 2.75) is 102 Å². The molecule has 0 unspecified atom stereocenters. The predicted molar refractivity (Wildman–Crippen MR) is 143 cm³/mol. The number of piperazine rings is 1. The molecule has 0 saturated carbocycles. The molecule has 0 bridgehead atoms. The highest BCUT2D eigenvalue weighted by Gasteiger charge is 2.74. The fraction of sp³-hybridized carbons (Fsp3) is 0.759. The number of nitrogens with zero attached hydrogens (tertiary/aromatic N) is 1. The second kappa shape index (κ2) is 11.8. The Morgan fingerprint density at radius 2 is 1.73 bits per heavy atom. The third-order valence-electron chi connectivity index (χ3n) is 9.01. The van der Waals surface area contributed by atoms with Gasteiger partial charge < -0.3 is 39.6 Å². The van der Waals surface area contributed by atoms with Crippen LogP contribution in [0.3, 0.4) is 0 Å². The van der Waals surface area contributed by atoms with Crippen LogP contribution >= 0.6 is 0 Å². The number of rotatable bonds is 14. The summed E-state index contributed by atoms with van der Waals surface area (Å²) < 4.78 is 29.3. The summed E-state index contributed by atoms with van der Waals surface area (Å²) >= 11 is 0. The summed E-state index contributed by atoms with van der Waals surface area (Å²) in [6.07, 6.45) is 9.63. The van der Waals surface area contributed by atoms with E-state index in [0.717, 1.165) is 19.3 Å². The standard InChI is InChI=1S/C29H43N3O8/c1-4-5-6-7-8-9-10-11-12-13-21(33)40-24-18(2)29(38-14-15-39-29)26(34)22-19(17-37-27(30)35)28(36-3)25-20(31-25)16-32(28)23(22)24/h19-20,25,31H,4-17H2,1-3H3,(H2,30,35)/t19-,20+,25+,28-/m1/s1. The van der Waals surface area contributed by atoms with Crippen LogP contribution in [0.1, 0.15) is 78.1 Å². The lowest BCUT2D eigenvalue weighted by molar-refractivity contribution is -0.167. The van der Waals surface area contributed by atoms with Crippen LogP contribution in [0.2, 0.25) is 0 Å². The molecule has 40 heavy (non-hydrogen) atoms. The number of carbonyl (C=O) groups is 3. The van der Waals surface area contributed by atoms with Crippen molar-refractivity contribution in [3.05, 3.63) is 22.6 Å². The predicted octanol–water partition coefficient (Wildman–Crippen LogP) is 3.03. The zero-order valence-electron chi connectivity index (χ0n) is 23.9. The van der Waals surface area contributed by atoms with E-state index in [1.807, 2.05) is 4.90 Å². The van der Waals surface area contributed by atoms with Crippen molar-refractivity contribution in [3.63, 3.8) is 0 Å². The average molecular weight is 562 g/mol. The number of methoxy groups -OCH3 is 1. The molecule has 1 amide bonds. The molecular weight excluding hydrogens is 518 g/mol. The number of nitrogens with one attached hydrogen (secondary N) is 1. The highest BCUT2D eigenvalue weighted by Crippen LogP contribution is 2.59. The Morgan fingerprint density at radius 1 is 1.07 bits per heavy atom. The Hall–Kier alpha value is -2.47. The van der Waals surface area contributed by atoms with Gasteiger partial charge in [-0.15, -0.1) is 0 Å². The van der Waals surface area contributed by atoms with Gasteiger partial charge in [0.15, 0.2) is 11.5 Å². The zero-order chi connectivity index (χ0) is 28.5. The van der Waals surface area contributed by atoms with E-state index < -0.39 is 29.3 Å². The van der Waals surface area contributed by atoms with Crippen LogP contribution in [0.15, 0.2) is 22.6 Å². The van der Waals surface area contributed by atoms with Crippen LogP contribution in [0.4, 0.5) is 4.79 Å². The SMILES string of the molecule is CCCCCCCCCCCC(=O)OC1=C(C)C2(OCCO2)C(=O)C2=C1N1C[C@@H]3N[C@@H]3[C@]1(OC)[C@@H]2COC(N)=O. The molecule has 1 spiro atoms. The Bertz CT molecular complexity index is 1080. The largest absolute Gasteiger partial charge is 0.449 e. The van der Waals surface area contributed by atoms with E-state index in [1.54, 1.807) is 14.0 Å². The number of hydrogen-bond acceptors (Lipinski definition) is 10. The van der Waals surface area contributed by atoms with Crippen LogP contribution in [0.25, 0.3) is 0 Å². The Labute approximate surface area is 235 Å². The van der Waals surface area contributed by atoms with Crippen LogP contribution < -0.4 is 11.1 Å². The van der Waals surface area contributed by atoms with E-state index >= 15 is 0 Å². The van der Waals surface area contributed by atoms with E-state index in [2.05, 4.69) is 12.2 Å². The summed E-state index contributed by atoms with van der Waals surface area (Å²) in [5.74, 6) is -2.88. The molecule has 3 N–H and O–H groups in total. The Balaban J connectivity index is 1.35. The van der Waals surface area contributed by atoms with Gasteiger partial charge >= 0.3 is 12.1 Å². The van der Waals surface area contributed by atoms with Gasteiger partial charge in [0.05, 0.1) is 30.9 Å². The van der Waals surface area contributed by atoms with Crippen molar-refractivity contribution >= 4 is 17.8 Å². The van der Waals surface area contributed by atoms with Crippen LogP contribution in [-0.4, -0.2) is 79.8 Å². The number of ether oxygens (including phenoxy) is 5. The van der Waals surface area contributed by atoms with Crippen LogP contribution in [0, 0.1) is 5.92 Å². The van der Waals surface area contributed by atoms with Crippen molar-refractivity contribution in [3.8, 4) is 0 Å². The summed E-state index contributed by atoms with van der Waals surface area (Å²) in [6.45, 7) is 4.74. The molecule has 11 heteroatoms. The molecule has 222 valence electrons. The molecule has 4 heterocycles. The van der Waals surface area contributed by atoms with Gasteiger partial charge in [0, 0.05) is 37.3 Å². The maximum Gasteiger partial charge on any atom is 0.404 e. The molecule has 0 aromatic heterocycles. The summed E-state index contributed by atoms with van der Waals surface area (Å²) in [6, 6.07) is 0.0345. The number of carbonyl (C=O) groups excluding carboxylic acids is 3. The second-order valence-electron chi connectivity index (χ2n) is 11.4. The number of esters is 1. The molecule has 3 fully saturated rings. The van der Waals surface area contributed by atoms with Gasteiger partial charge in [-0.2, -0.15) is 0 Å². The molecule has 11 nitrogen and oxygen atoms in total. The number of nitrogens with two attached hydrogens (primary N) is 1. The van der Waals surface area contributed by atoms with E-state index in [1.165, 1.54) is 38.5 Å². The first-order valence-electron chi connectivity index (χ1n) is 14.8. The van der Waals surface area contributed by atoms with Gasteiger partial charge in [-0.25, -0.2) is 4.79 Å². The van der Waals surface area contributed by atoms with Crippen molar-refractivity contribution in [1.82, 2.24) is 10.2 Å². The van der Waals surface area contributed by atoms with E-state index in [4.69, 9.17) is 29.4 Å². The lowest BCUT2D eigenvalue weighted by Gasteiger charge is -2.40. The van der Waals surface area contributed by atoms with Crippen LogP contribution in [-0.2, 0) is 33.3 Å². The summed E-state index contributed by atoms with van der Waals surface area (Å²) in [4.78, 5) is 40.9. The zero-order valence-corrected chi connectivity index (χ0v) is 23.9. The number of ketones is 1. The third kappa shape index (κ3) is 4.84. The van der Waals surface area contributed by atoms with E-state index in [-0.39, 0.29) is 50.1 Å². The van der Waals surface area contributed by atoms with Gasteiger partial charge in [-0.1, -0.05) is 58.3 Å².